The van der Waals surface area contributed by atoms with Crippen molar-refractivity contribution in [3.63, 3.8) is 0 Å². The number of hydrogen-bond donors (Lipinski definition) is 1. The molecule has 142 valence electrons. The number of amides is 2. The molecule has 0 saturated carbocycles. The Morgan fingerprint density at radius 3 is 2.46 bits per heavy atom. The fourth-order valence-electron chi connectivity index (χ4n) is 3.81. The van der Waals surface area contributed by atoms with Crippen molar-refractivity contribution in [2.45, 2.75) is 38.3 Å². The highest BCUT2D eigenvalue weighted by molar-refractivity contribution is 5.90. The zero-order valence-corrected chi connectivity index (χ0v) is 15.7. The normalized spacial score (nSPS) is 21.8. The van der Waals surface area contributed by atoms with Gasteiger partial charge in [0.2, 0.25) is 11.8 Å². The van der Waals surface area contributed by atoms with Crippen LogP contribution in [0, 0.1) is 5.92 Å². The predicted octanol–water partition coefficient (Wildman–Crippen LogP) is 1.64. The number of piperidine rings is 1. The fourth-order valence-corrected chi connectivity index (χ4v) is 3.81. The first-order valence-corrected chi connectivity index (χ1v) is 9.45. The summed E-state index contributed by atoms with van der Waals surface area (Å²) in [5, 5.41) is 3.06. The van der Waals surface area contributed by atoms with Gasteiger partial charge in [-0.25, -0.2) is 0 Å². The minimum absolute atomic E-state index is 0.000914. The lowest BCUT2D eigenvalue weighted by atomic mass is 9.96. The molecule has 1 atom stereocenters. The molecule has 6 nitrogen and oxygen atoms in total. The molecule has 3 rings (SSSR count). The quantitative estimate of drug-likeness (QED) is 0.839. The molecule has 0 aromatic heterocycles. The Labute approximate surface area is 155 Å². The standard InChI is InChI=1S/C20H29N3O3/c1-22-18(7-8-19(22)24)20(25)21-13-15-9-11-23(12-10-15)14-16-3-5-17(26-2)6-4-16/h3-6,15,18H,7-14H2,1-2H3,(H,21,25). The molecule has 2 amide bonds. The van der Waals surface area contributed by atoms with E-state index in [0.29, 0.717) is 25.3 Å². The third kappa shape index (κ3) is 4.55. The van der Waals surface area contributed by atoms with Crippen molar-refractivity contribution >= 4 is 11.8 Å². The maximum absolute atomic E-state index is 12.3. The molecule has 0 bridgehead atoms. The molecule has 1 aromatic carbocycles. The maximum Gasteiger partial charge on any atom is 0.242 e. The average molecular weight is 359 g/mol. The molecule has 26 heavy (non-hydrogen) atoms. The summed E-state index contributed by atoms with van der Waals surface area (Å²) in [6.45, 7) is 3.77. The van der Waals surface area contributed by atoms with Crippen LogP contribution >= 0.6 is 0 Å². The van der Waals surface area contributed by atoms with E-state index in [2.05, 4.69) is 22.3 Å². The second-order valence-corrected chi connectivity index (χ2v) is 7.37. The summed E-state index contributed by atoms with van der Waals surface area (Å²) < 4.78 is 5.20. The van der Waals surface area contributed by atoms with E-state index in [9.17, 15) is 9.59 Å². The highest BCUT2D eigenvalue weighted by Crippen LogP contribution is 2.21. The van der Waals surface area contributed by atoms with Gasteiger partial charge in [0.25, 0.3) is 0 Å². The molecule has 2 aliphatic rings. The number of carbonyl (C=O) groups is 2. The Kier molecular flexibility index (Phi) is 6.14. The van der Waals surface area contributed by atoms with E-state index in [0.717, 1.165) is 38.2 Å². The van der Waals surface area contributed by atoms with Gasteiger partial charge in [-0.2, -0.15) is 0 Å². The number of likely N-dealkylation sites (N-methyl/N-ethyl adjacent to an activating group) is 1. The van der Waals surface area contributed by atoms with Crippen LogP contribution in [0.5, 0.6) is 5.75 Å². The molecule has 2 aliphatic heterocycles. The van der Waals surface area contributed by atoms with E-state index in [4.69, 9.17) is 4.74 Å². The lowest BCUT2D eigenvalue weighted by molar-refractivity contribution is -0.134. The van der Waals surface area contributed by atoms with Gasteiger partial charge in [-0.1, -0.05) is 12.1 Å². The smallest absolute Gasteiger partial charge is 0.242 e. The first kappa shape index (κ1) is 18.7. The molecule has 0 aliphatic carbocycles. The van der Waals surface area contributed by atoms with Crippen LogP contribution in [0.15, 0.2) is 24.3 Å². The van der Waals surface area contributed by atoms with Crippen LogP contribution in [0.3, 0.4) is 0 Å². The Balaban J connectivity index is 1.38. The molecular formula is C20H29N3O3. The van der Waals surface area contributed by atoms with Crippen LogP contribution in [0.2, 0.25) is 0 Å². The Morgan fingerprint density at radius 1 is 1.19 bits per heavy atom. The first-order chi connectivity index (χ1) is 12.6. The molecule has 0 spiro atoms. The van der Waals surface area contributed by atoms with Crippen LogP contribution in [0.1, 0.15) is 31.2 Å². The molecule has 0 radical (unpaired) electrons. The molecule has 1 unspecified atom stereocenters. The SMILES string of the molecule is COc1ccc(CN2CCC(CNC(=O)C3CCC(=O)N3C)CC2)cc1. The highest BCUT2D eigenvalue weighted by atomic mass is 16.5. The van der Waals surface area contributed by atoms with E-state index in [1.807, 2.05) is 12.1 Å². The number of likely N-dealkylation sites (tertiary alicyclic amines) is 2. The molecule has 1 aromatic rings. The summed E-state index contributed by atoms with van der Waals surface area (Å²) in [7, 11) is 3.40. The van der Waals surface area contributed by atoms with Crippen molar-refractivity contribution < 1.29 is 14.3 Å². The van der Waals surface area contributed by atoms with Crippen molar-refractivity contribution in [2.24, 2.45) is 5.92 Å². The first-order valence-electron chi connectivity index (χ1n) is 9.45. The summed E-state index contributed by atoms with van der Waals surface area (Å²) in [6.07, 6.45) is 3.31. The molecular weight excluding hydrogens is 330 g/mol. The van der Waals surface area contributed by atoms with Crippen LogP contribution in [0.4, 0.5) is 0 Å². The second-order valence-electron chi connectivity index (χ2n) is 7.37. The third-order valence-electron chi connectivity index (χ3n) is 5.63. The largest absolute Gasteiger partial charge is 0.497 e. The number of benzene rings is 1. The summed E-state index contributed by atoms with van der Waals surface area (Å²) in [5.41, 5.74) is 1.30. The second kappa shape index (κ2) is 8.54. The topological polar surface area (TPSA) is 61.9 Å². The van der Waals surface area contributed by atoms with E-state index in [1.54, 1.807) is 19.1 Å². The minimum Gasteiger partial charge on any atom is -0.497 e. The fraction of sp³-hybridized carbons (Fsp3) is 0.600. The monoisotopic (exact) mass is 359 g/mol. The maximum atomic E-state index is 12.3. The van der Waals surface area contributed by atoms with E-state index in [-0.39, 0.29) is 17.9 Å². The minimum atomic E-state index is -0.280. The number of nitrogens with one attached hydrogen (secondary N) is 1. The Morgan fingerprint density at radius 2 is 1.88 bits per heavy atom. The molecule has 1 N–H and O–H groups in total. The summed E-state index contributed by atoms with van der Waals surface area (Å²) >= 11 is 0. The molecule has 2 saturated heterocycles. The van der Waals surface area contributed by atoms with Crippen LogP contribution < -0.4 is 10.1 Å². The zero-order valence-electron chi connectivity index (χ0n) is 15.7. The lowest BCUT2D eigenvalue weighted by Crippen LogP contribution is -2.45. The highest BCUT2D eigenvalue weighted by Gasteiger charge is 2.33. The van der Waals surface area contributed by atoms with Gasteiger partial charge in [0.15, 0.2) is 0 Å². The van der Waals surface area contributed by atoms with Gasteiger partial charge in [-0.15, -0.1) is 0 Å². The van der Waals surface area contributed by atoms with Gasteiger partial charge < -0.3 is 15.0 Å². The Hall–Kier alpha value is -2.08. The Bertz CT molecular complexity index is 624. The zero-order chi connectivity index (χ0) is 18.5. The third-order valence-corrected chi connectivity index (χ3v) is 5.63. The number of methoxy groups -OCH3 is 1. The predicted molar refractivity (Wildman–Crippen MR) is 99.8 cm³/mol. The number of ether oxygens (including phenoxy) is 1. The van der Waals surface area contributed by atoms with E-state index >= 15 is 0 Å². The number of rotatable bonds is 6. The number of hydrogen-bond acceptors (Lipinski definition) is 4. The van der Waals surface area contributed by atoms with Crippen molar-refractivity contribution in [1.82, 2.24) is 15.1 Å². The van der Waals surface area contributed by atoms with E-state index in [1.165, 1.54) is 5.56 Å². The van der Waals surface area contributed by atoms with Crippen molar-refractivity contribution in [3.05, 3.63) is 29.8 Å². The van der Waals surface area contributed by atoms with Crippen molar-refractivity contribution in [3.8, 4) is 5.75 Å². The van der Waals surface area contributed by atoms with Crippen molar-refractivity contribution in [1.29, 1.82) is 0 Å². The van der Waals surface area contributed by atoms with Gasteiger partial charge in [0, 0.05) is 26.6 Å². The lowest BCUT2D eigenvalue weighted by Gasteiger charge is -2.32. The van der Waals surface area contributed by atoms with Crippen LogP contribution in [0.25, 0.3) is 0 Å². The van der Waals surface area contributed by atoms with Gasteiger partial charge in [0.1, 0.15) is 11.8 Å². The number of nitrogens with zero attached hydrogens (tertiary/aromatic N) is 2. The van der Waals surface area contributed by atoms with Gasteiger partial charge in [-0.05, 0) is 56.0 Å². The van der Waals surface area contributed by atoms with Gasteiger partial charge in [-0.3, -0.25) is 14.5 Å². The van der Waals surface area contributed by atoms with Crippen LogP contribution in [-0.4, -0.2) is 61.4 Å². The number of carbonyl (C=O) groups excluding carboxylic acids is 2. The molecule has 6 heteroatoms. The van der Waals surface area contributed by atoms with Gasteiger partial charge >= 0.3 is 0 Å². The van der Waals surface area contributed by atoms with Crippen LogP contribution in [-0.2, 0) is 16.1 Å². The van der Waals surface area contributed by atoms with Crippen molar-refractivity contribution in [2.75, 3.05) is 33.8 Å². The molecule has 2 heterocycles. The summed E-state index contributed by atoms with van der Waals surface area (Å²) in [5.74, 6) is 1.47. The van der Waals surface area contributed by atoms with Gasteiger partial charge in [0.05, 0.1) is 7.11 Å². The average Bonchev–Trinajstić information content (AvgIpc) is 3.00. The van der Waals surface area contributed by atoms with E-state index < -0.39 is 0 Å². The summed E-state index contributed by atoms with van der Waals surface area (Å²) in [4.78, 5) is 27.9. The molecule has 2 fully saturated rings. The summed E-state index contributed by atoms with van der Waals surface area (Å²) in [6, 6.07) is 7.96.